The van der Waals surface area contributed by atoms with Crippen molar-refractivity contribution in [3.63, 3.8) is 0 Å². The molecule has 1 aliphatic rings. The van der Waals surface area contributed by atoms with Gasteiger partial charge in [-0.3, -0.25) is 9.52 Å². The van der Waals surface area contributed by atoms with Crippen LogP contribution in [0, 0.1) is 0 Å². The molecule has 1 N–H and O–H groups in total. The number of nitrogens with one attached hydrogen (secondary N) is 1. The molecule has 0 unspecified atom stereocenters. The first-order valence-electron chi connectivity index (χ1n) is 7.63. The van der Waals surface area contributed by atoms with E-state index in [0.29, 0.717) is 22.9 Å². The van der Waals surface area contributed by atoms with Crippen molar-refractivity contribution in [1.29, 1.82) is 0 Å². The molecule has 0 fully saturated rings. The molecule has 1 heterocycles. The Hall–Kier alpha value is -1.70. The highest BCUT2D eigenvalue weighted by atomic mass is 35.5. The van der Waals surface area contributed by atoms with Crippen molar-refractivity contribution in [1.82, 2.24) is 0 Å². The molecule has 2 aromatic rings. The van der Waals surface area contributed by atoms with Gasteiger partial charge in [-0.05, 0) is 36.4 Å². The zero-order valence-electron chi connectivity index (χ0n) is 13.7. The van der Waals surface area contributed by atoms with Gasteiger partial charge in [-0.25, -0.2) is 8.42 Å². The number of nitrogens with zero attached hydrogens (tertiary/aromatic N) is 1. The van der Waals surface area contributed by atoms with Gasteiger partial charge in [-0.15, -0.1) is 11.8 Å². The number of carbonyl (C=O) groups is 1. The molecule has 0 bridgehead atoms. The summed E-state index contributed by atoms with van der Waals surface area (Å²) in [7, 11) is -3.78. The fourth-order valence-corrected chi connectivity index (χ4v) is 5.00. The number of anilines is 2. The molecule has 0 spiro atoms. The van der Waals surface area contributed by atoms with Crippen LogP contribution in [0.5, 0.6) is 0 Å². The number of thioether (sulfide) groups is 1. The molecule has 2 aromatic carbocycles. The van der Waals surface area contributed by atoms with Gasteiger partial charge >= 0.3 is 0 Å². The topological polar surface area (TPSA) is 66.5 Å². The van der Waals surface area contributed by atoms with Crippen molar-refractivity contribution in [3.8, 4) is 0 Å². The number of sulfonamides is 1. The standard InChI is InChI=1S/C17H17ClN2O3S2/c1-11-10-20(12(2)21)16-9-15(6-7-17(16)24-11)25(22,23)19-14-5-3-4-13(18)8-14/h3-9,11,19H,10H2,1-2H3/t11-/m0/s1. The first-order chi connectivity index (χ1) is 11.8. The van der Waals surface area contributed by atoms with E-state index in [-0.39, 0.29) is 16.1 Å². The third kappa shape index (κ3) is 3.94. The predicted octanol–water partition coefficient (Wildman–Crippen LogP) is 3.99. The molecule has 1 amide bonds. The normalized spacial score (nSPS) is 17.1. The lowest BCUT2D eigenvalue weighted by molar-refractivity contribution is -0.116. The van der Waals surface area contributed by atoms with Gasteiger partial charge in [0.1, 0.15) is 0 Å². The lowest BCUT2D eigenvalue weighted by Gasteiger charge is -2.32. The minimum absolute atomic E-state index is 0.104. The summed E-state index contributed by atoms with van der Waals surface area (Å²) in [5, 5.41) is 0.697. The molecule has 0 aliphatic carbocycles. The smallest absolute Gasteiger partial charge is 0.261 e. The van der Waals surface area contributed by atoms with E-state index >= 15 is 0 Å². The number of fused-ring (bicyclic) bond motifs is 1. The average Bonchev–Trinajstić information content (AvgIpc) is 2.53. The van der Waals surface area contributed by atoms with Crippen LogP contribution >= 0.6 is 23.4 Å². The molecule has 3 rings (SSSR count). The summed E-state index contributed by atoms with van der Waals surface area (Å²) < 4.78 is 27.9. The minimum Gasteiger partial charge on any atom is -0.310 e. The van der Waals surface area contributed by atoms with Crippen molar-refractivity contribution in [2.24, 2.45) is 0 Å². The number of halogens is 1. The molecule has 8 heteroatoms. The van der Waals surface area contributed by atoms with Crippen molar-refractivity contribution < 1.29 is 13.2 Å². The van der Waals surface area contributed by atoms with Crippen LogP contribution in [0.25, 0.3) is 0 Å². The third-order valence-corrected chi connectivity index (χ3v) is 6.52. The largest absolute Gasteiger partial charge is 0.310 e. The summed E-state index contributed by atoms with van der Waals surface area (Å²) in [6.07, 6.45) is 0. The van der Waals surface area contributed by atoms with Gasteiger partial charge < -0.3 is 4.90 Å². The molecule has 5 nitrogen and oxygen atoms in total. The Morgan fingerprint density at radius 3 is 2.72 bits per heavy atom. The number of benzene rings is 2. The second-order valence-electron chi connectivity index (χ2n) is 5.80. The highest BCUT2D eigenvalue weighted by Gasteiger charge is 2.27. The summed E-state index contributed by atoms with van der Waals surface area (Å²) >= 11 is 7.53. The second-order valence-corrected chi connectivity index (χ2v) is 9.40. The van der Waals surface area contributed by atoms with Crippen molar-refractivity contribution >= 4 is 50.7 Å². The Bertz CT molecular complexity index is 931. The molecule has 0 saturated heterocycles. The predicted molar refractivity (Wildman–Crippen MR) is 102 cm³/mol. The van der Waals surface area contributed by atoms with Crippen LogP contribution in [0.15, 0.2) is 52.3 Å². The van der Waals surface area contributed by atoms with Gasteiger partial charge in [0.15, 0.2) is 0 Å². The highest BCUT2D eigenvalue weighted by molar-refractivity contribution is 8.00. The number of hydrogen-bond acceptors (Lipinski definition) is 4. The van der Waals surface area contributed by atoms with Crippen molar-refractivity contribution in [2.45, 2.75) is 28.9 Å². The quantitative estimate of drug-likeness (QED) is 0.851. The third-order valence-electron chi connectivity index (χ3n) is 3.76. The lowest BCUT2D eigenvalue weighted by atomic mass is 10.2. The average molecular weight is 397 g/mol. The molecule has 0 aromatic heterocycles. The molecule has 1 aliphatic heterocycles. The molecule has 25 heavy (non-hydrogen) atoms. The van der Waals surface area contributed by atoms with Crippen molar-refractivity contribution in [2.75, 3.05) is 16.2 Å². The number of rotatable bonds is 3. The Balaban J connectivity index is 1.98. The molecular formula is C17H17ClN2O3S2. The van der Waals surface area contributed by atoms with Crippen LogP contribution < -0.4 is 9.62 Å². The van der Waals surface area contributed by atoms with Gasteiger partial charge in [0, 0.05) is 28.6 Å². The van der Waals surface area contributed by atoms with E-state index in [0.717, 1.165) is 4.90 Å². The molecule has 0 radical (unpaired) electrons. The maximum absolute atomic E-state index is 12.7. The first-order valence-corrected chi connectivity index (χ1v) is 10.4. The van der Waals surface area contributed by atoms with E-state index in [9.17, 15) is 13.2 Å². The lowest BCUT2D eigenvalue weighted by Crippen LogP contribution is -2.37. The summed E-state index contributed by atoms with van der Waals surface area (Å²) in [5.74, 6) is -0.106. The van der Waals surface area contributed by atoms with E-state index in [2.05, 4.69) is 4.72 Å². The maximum Gasteiger partial charge on any atom is 0.261 e. The van der Waals surface area contributed by atoms with Crippen LogP contribution in [-0.2, 0) is 14.8 Å². The maximum atomic E-state index is 12.7. The zero-order valence-corrected chi connectivity index (χ0v) is 16.1. The Kier molecular flexibility index (Phi) is 4.99. The fraction of sp³-hybridized carbons (Fsp3) is 0.235. The molecule has 1 atom stereocenters. The van der Waals surface area contributed by atoms with Gasteiger partial charge in [0.05, 0.1) is 16.3 Å². The first kappa shape index (κ1) is 18.1. The SMILES string of the molecule is CC(=O)N1C[C@H](C)Sc2ccc(S(=O)(=O)Nc3cccc(Cl)c3)cc21. The number of hydrogen-bond donors (Lipinski definition) is 1. The van der Waals surface area contributed by atoms with Gasteiger partial charge in [-0.2, -0.15) is 0 Å². The van der Waals surface area contributed by atoms with Crippen LogP contribution in [0.3, 0.4) is 0 Å². The molecule has 0 saturated carbocycles. The van der Waals surface area contributed by atoms with Crippen LogP contribution in [0.4, 0.5) is 11.4 Å². The summed E-state index contributed by atoms with van der Waals surface area (Å²) in [6.45, 7) is 4.07. The van der Waals surface area contributed by atoms with E-state index in [1.807, 2.05) is 6.92 Å². The monoisotopic (exact) mass is 396 g/mol. The van der Waals surface area contributed by atoms with E-state index in [1.165, 1.54) is 13.0 Å². The minimum atomic E-state index is -3.78. The van der Waals surface area contributed by atoms with E-state index < -0.39 is 10.0 Å². The summed E-state index contributed by atoms with van der Waals surface area (Å²) in [5.41, 5.74) is 1.02. The van der Waals surface area contributed by atoms with Gasteiger partial charge in [0.25, 0.3) is 10.0 Å². The number of carbonyl (C=O) groups excluding carboxylic acids is 1. The van der Waals surface area contributed by atoms with Crippen LogP contribution in [0.2, 0.25) is 5.02 Å². The highest BCUT2D eigenvalue weighted by Crippen LogP contribution is 2.39. The van der Waals surface area contributed by atoms with Gasteiger partial charge in [-0.1, -0.05) is 24.6 Å². The fourth-order valence-electron chi connectivity index (χ4n) is 2.65. The molecular weight excluding hydrogens is 380 g/mol. The Labute approximate surface area is 156 Å². The van der Waals surface area contributed by atoms with E-state index in [4.69, 9.17) is 11.6 Å². The Morgan fingerprint density at radius 2 is 2.04 bits per heavy atom. The van der Waals surface area contributed by atoms with E-state index in [1.54, 1.807) is 53.1 Å². The molecule has 132 valence electrons. The Morgan fingerprint density at radius 1 is 1.28 bits per heavy atom. The second kappa shape index (κ2) is 6.90. The number of amides is 1. The zero-order chi connectivity index (χ0) is 18.2. The van der Waals surface area contributed by atoms with Gasteiger partial charge in [0.2, 0.25) is 5.91 Å². The van der Waals surface area contributed by atoms with Crippen LogP contribution in [-0.4, -0.2) is 26.1 Å². The van der Waals surface area contributed by atoms with Crippen molar-refractivity contribution in [3.05, 3.63) is 47.5 Å². The summed E-state index contributed by atoms with van der Waals surface area (Å²) in [6, 6.07) is 11.3. The van der Waals surface area contributed by atoms with Crippen LogP contribution in [0.1, 0.15) is 13.8 Å². The summed E-state index contributed by atoms with van der Waals surface area (Å²) in [4.78, 5) is 14.6.